The quantitative estimate of drug-likeness (QED) is 0.332. The highest BCUT2D eigenvalue weighted by molar-refractivity contribution is 6.04. The standard InChI is InChI=1S/C24H19N/c1-25(2)21-14-11-18(12-15-21)13-16-24-22-9-5-3-7-19(22)17-20-8-4-6-10-23(20)24/h3-12,14-15,17H,1-2H3. The van der Waals surface area contributed by atoms with Gasteiger partial charge in [-0.15, -0.1) is 0 Å². The van der Waals surface area contributed by atoms with E-state index in [1.54, 1.807) is 0 Å². The third kappa shape index (κ3) is 2.95. The Balaban J connectivity index is 1.88. The topological polar surface area (TPSA) is 3.24 Å². The van der Waals surface area contributed by atoms with E-state index >= 15 is 0 Å². The second-order valence-electron chi connectivity index (χ2n) is 6.39. The van der Waals surface area contributed by atoms with Crippen molar-refractivity contribution in [3.05, 3.63) is 90.0 Å². The van der Waals surface area contributed by atoms with Crippen molar-refractivity contribution in [2.45, 2.75) is 0 Å². The molecule has 120 valence electrons. The maximum absolute atomic E-state index is 3.43. The molecule has 0 aliphatic rings. The summed E-state index contributed by atoms with van der Waals surface area (Å²) in [6.45, 7) is 0. The maximum atomic E-state index is 3.43. The van der Waals surface area contributed by atoms with Crippen molar-refractivity contribution >= 4 is 27.2 Å². The van der Waals surface area contributed by atoms with Gasteiger partial charge in [-0.25, -0.2) is 0 Å². The molecule has 25 heavy (non-hydrogen) atoms. The second-order valence-corrected chi connectivity index (χ2v) is 6.39. The molecule has 1 nitrogen and oxygen atoms in total. The van der Waals surface area contributed by atoms with Crippen LogP contribution in [0.25, 0.3) is 21.5 Å². The molecule has 0 heterocycles. The van der Waals surface area contributed by atoms with E-state index in [4.69, 9.17) is 0 Å². The number of nitrogens with zero attached hydrogens (tertiary/aromatic N) is 1. The van der Waals surface area contributed by atoms with Gasteiger partial charge in [-0.2, -0.15) is 0 Å². The lowest BCUT2D eigenvalue weighted by Crippen LogP contribution is -2.07. The SMILES string of the molecule is CN(C)c1ccc(C#Cc2c3ccccc3cc3ccccc23)cc1. The van der Waals surface area contributed by atoms with Crippen LogP contribution in [0, 0.1) is 11.8 Å². The second kappa shape index (κ2) is 6.34. The van der Waals surface area contributed by atoms with E-state index < -0.39 is 0 Å². The summed E-state index contributed by atoms with van der Waals surface area (Å²) < 4.78 is 0. The average molecular weight is 321 g/mol. The number of hydrogen-bond donors (Lipinski definition) is 0. The van der Waals surface area contributed by atoms with E-state index in [9.17, 15) is 0 Å². The molecule has 1 heteroatoms. The zero-order chi connectivity index (χ0) is 17.2. The number of rotatable bonds is 1. The lowest BCUT2D eigenvalue weighted by molar-refractivity contribution is 1.13. The summed E-state index contributed by atoms with van der Waals surface area (Å²) in [6, 6.07) is 27.5. The van der Waals surface area contributed by atoms with Crippen LogP contribution in [0.15, 0.2) is 78.9 Å². The number of benzene rings is 4. The van der Waals surface area contributed by atoms with Crippen molar-refractivity contribution in [2.75, 3.05) is 19.0 Å². The molecule has 4 aromatic carbocycles. The smallest absolute Gasteiger partial charge is 0.0405 e. The van der Waals surface area contributed by atoms with Crippen LogP contribution in [-0.4, -0.2) is 14.1 Å². The molecule has 0 aliphatic carbocycles. The molecule has 4 aromatic rings. The minimum absolute atomic E-state index is 1.03. The fourth-order valence-corrected chi connectivity index (χ4v) is 3.13. The Kier molecular flexibility index (Phi) is 3.88. The monoisotopic (exact) mass is 321 g/mol. The Hall–Kier alpha value is -3.24. The Morgan fingerprint density at radius 2 is 1.20 bits per heavy atom. The van der Waals surface area contributed by atoms with Gasteiger partial charge < -0.3 is 4.90 Å². The minimum atomic E-state index is 1.03. The molecule has 0 spiro atoms. The van der Waals surface area contributed by atoms with Gasteiger partial charge in [0, 0.05) is 30.9 Å². The van der Waals surface area contributed by atoms with Crippen molar-refractivity contribution < 1.29 is 0 Å². The highest BCUT2D eigenvalue weighted by Crippen LogP contribution is 2.27. The lowest BCUT2D eigenvalue weighted by Gasteiger charge is -2.11. The van der Waals surface area contributed by atoms with Gasteiger partial charge in [0.1, 0.15) is 0 Å². The van der Waals surface area contributed by atoms with Gasteiger partial charge in [0.2, 0.25) is 0 Å². The predicted molar refractivity (Wildman–Crippen MR) is 108 cm³/mol. The highest BCUT2D eigenvalue weighted by atomic mass is 15.1. The molecule has 0 aromatic heterocycles. The molecule has 0 radical (unpaired) electrons. The molecule has 0 atom stereocenters. The molecular formula is C24H19N. The molecule has 0 N–H and O–H groups in total. The van der Waals surface area contributed by atoms with E-state index in [2.05, 4.69) is 95.6 Å². The van der Waals surface area contributed by atoms with Crippen LogP contribution >= 0.6 is 0 Å². The largest absolute Gasteiger partial charge is 0.378 e. The minimum Gasteiger partial charge on any atom is -0.378 e. The van der Waals surface area contributed by atoms with Gasteiger partial charge in [0.15, 0.2) is 0 Å². The summed E-state index contributed by atoms with van der Waals surface area (Å²) in [5, 5.41) is 4.87. The molecule has 0 saturated heterocycles. The maximum Gasteiger partial charge on any atom is 0.0405 e. The van der Waals surface area contributed by atoms with E-state index in [0.29, 0.717) is 0 Å². The molecule has 0 bridgehead atoms. The van der Waals surface area contributed by atoms with Gasteiger partial charge >= 0.3 is 0 Å². The summed E-state index contributed by atoms with van der Waals surface area (Å²) in [6.07, 6.45) is 0. The predicted octanol–water partition coefficient (Wildman–Crippen LogP) is 5.46. The first-order chi connectivity index (χ1) is 12.2. The van der Waals surface area contributed by atoms with E-state index in [0.717, 1.165) is 11.1 Å². The Labute approximate surface area is 148 Å². The fourth-order valence-electron chi connectivity index (χ4n) is 3.13. The van der Waals surface area contributed by atoms with Gasteiger partial charge in [0.25, 0.3) is 0 Å². The summed E-state index contributed by atoms with van der Waals surface area (Å²) in [7, 11) is 4.09. The molecule has 0 saturated carbocycles. The fraction of sp³-hybridized carbons (Fsp3) is 0.0833. The van der Waals surface area contributed by atoms with E-state index in [-0.39, 0.29) is 0 Å². The average Bonchev–Trinajstić information content (AvgIpc) is 2.65. The Morgan fingerprint density at radius 3 is 1.76 bits per heavy atom. The van der Waals surface area contributed by atoms with Crippen molar-refractivity contribution in [3.63, 3.8) is 0 Å². The van der Waals surface area contributed by atoms with Gasteiger partial charge in [0.05, 0.1) is 0 Å². The Morgan fingerprint density at radius 1 is 0.640 bits per heavy atom. The van der Waals surface area contributed by atoms with Crippen LogP contribution in [0.4, 0.5) is 5.69 Å². The molecule has 4 rings (SSSR count). The lowest BCUT2D eigenvalue weighted by atomic mass is 9.97. The summed E-state index contributed by atoms with van der Waals surface area (Å²) >= 11 is 0. The van der Waals surface area contributed by atoms with Crippen LogP contribution < -0.4 is 4.90 Å². The number of fused-ring (bicyclic) bond motifs is 2. The van der Waals surface area contributed by atoms with Crippen LogP contribution in [0.2, 0.25) is 0 Å². The number of hydrogen-bond acceptors (Lipinski definition) is 1. The van der Waals surface area contributed by atoms with E-state index in [1.807, 2.05) is 14.1 Å². The molecular weight excluding hydrogens is 302 g/mol. The third-order valence-corrected chi connectivity index (χ3v) is 4.49. The third-order valence-electron chi connectivity index (χ3n) is 4.49. The molecule has 0 amide bonds. The van der Waals surface area contributed by atoms with Gasteiger partial charge in [-0.3, -0.25) is 0 Å². The zero-order valence-electron chi connectivity index (χ0n) is 14.5. The molecule has 0 fully saturated rings. The molecule has 0 aliphatic heterocycles. The van der Waals surface area contributed by atoms with Crippen molar-refractivity contribution in [3.8, 4) is 11.8 Å². The van der Waals surface area contributed by atoms with Crippen LogP contribution in [-0.2, 0) is 0 Å². The van der Waals surface area contributed by atoms with Crippen molar-refractivity contribution in [2.24, 2.45) is 0 Å². The first kappa shape index (κ1) is 15.3. The summed E-state index contributed by atoms with van der Waals surface area (Å²) in [5.74, 6) is 6.77. The van der Waals surface area contributed by atoms with Gasteiger partial charge in [-0.05, 0) is 51.9 Å². The van der Waals surface area contributed by atoms with Crippen LogP contribution in [0.5, 0.6) is 0 Å². The first-order valence-corrected chi connectivity index (χ1v) is 8.42. The zero-order valence-corrected chi connectivity index (χ0v) is 14.5. The summed E-state index contributed by atoms with van der Waals surface area (Å²) in [4.78, 5) is 2.09. The highest BCUT2D eigenvalue weighted by Gasteiger charge is 2.05. The van der Waals surface area contributed by atoms with Crippen molar-refractivity contribution in [1.82, 2.24) is 0 Å². The first-order valence-electron chi connectivity index (χ1n) is 8.42. The van der Waals surface area contributed by atoms with Crippen LogP contribution in [0.1, 0.15) is 11.1 Å². The summed E-state index contributed by atoms with van der Waals surface area (Å²) in [5.41, 5.74) is 3.31. The van der Waals surface area contributed by atoms with Crippen LogP contribution in [0.3, 0.4) is 0 Å². The van der Waals surface area contributed by atoms with Crippen molar-refractivity contribution in [1.29, 1.82) is 0 Å². The van der Waals surface area contributed by atoms with Gasteiger partial charge in [-0.1, -0.05) is 60.4 Å². The molecule has 0 unspecified atom stereocenters. The Bertz CT molecular complexity index is 1060. The normalized spacial score (nSPS) is 10.5. The van der Waals surface area contributed by atoms with E-state index in [1.165, 1.54) is 27.2 Å². The number of anilines is 1.